The zero-order chi connectivity index (χ0) is 15.1. The molecular formula is C16H32N4O. The van der Waals surface area contributed by atoms with E-state index < -0.39 is 0 Å². The molecule has 1 atom stereocenters. The van der Waals surface area contributed by atoms with Gasteiger partial charge in [0.15, 0.2) is 0 Å². The van der Waals surface area contributed by atoms with Crippen LogP contribution in [0.4, 0.5) is 4.79 Å². The van der Waals surface area contributed by atoms with Gasteiger partial charge in [-0.3, -0.25) is 0 Å². The summed E-state index contributed by atoms with van der Waals surface area (Å²) in [6, 6.07) is 0.554. The Kier molecular flexibility index (Phi) is 6.77. The third kappa shape index (κ3) is 5.47. The zero-order valence-corrected chi connectivity index (χ0v) is 13.5. The summed E-state index contributed by atoms with van der Waals surface area (Å²) in [5, 5.41) is 3.23. The minimum atomic E-state index is 0.149. The molecule has 1 unspecified atom stereocenters. The summed E-state index contributed by atoms with van der Waals surface area (Å²) in [7, 11) is 0. The van der Waals surface area contributed by atoms with Crippen LogP contribution in [0.2, 0.25) is 0 Å². The van der Waals surface area contributed by atoms with Gasteiger partial charge in [0.2, 0.25) is 0 Å². The van der Waals surface area contributed by atoms with Gasteiger partial charge < -0.3 is 20.9 Å². The van der Waals surface area contributed by atoms with E-state index in [2.05, 4.69) is 17.1 Å². The van der Waals surface area contributed by atoms with Crippen LogP contribution >= 0.6 is 0 Å². The molecule has 0 aromatic rings. The number of nitrogens with zero attached hydrogens (tertiary/aromatic N) is 2. The first kappa shape index (κ1) is 16.6. The topological polar surface area (TPSA) is 61.6 Å². The van der Waals surface area contributed by atoms with E-state index in [1.54, 1.807) is 0 Å². The van der Waals surface area contributed by atoms with Crippen LogP contribution in [-0.4, -0.2) is 61.1 Å². The monoisotopic (exact) mass is 296 g/mol. The van der Waals surface area contributed by atoms with Crippen molar-refractivity contribution in [2.24, 2.45) is 11.7 Å². The average molecular weight is 296 g/mol. The van der Waals surface area contributed by atoms with Crippen LogP contribution in [0.25, 0.3) is 0 Å². The van der Waals surface area contributed by atoms with Crippen LogP contribution in [0.5, 0.6) is 0 Å². The van der Waals surface area contributed by atoms with E-state index in [9.17, 15) is 4.79 Å². The third-order valence-electron chi connectivity index (χ3n) is 4.78. The van der Waals surface area contributed by atoms with Crippen molar-refractivity contribution in [3.8, 4) is 0 Å². The van der Waals surface area contributed by atoms with E-state index in [1.165, 1.54) is 19.3 Å². The van der Waals surface area contributed by atoms with Crippen molar-refractivity contribution in [2.45, 2.75) is 51.5 Å². The second-order valence-electron chi connectivity index (χ2n) is 6.77. The van der Waals surface area contributed by atoms with E-state index in [0.29, 0.717) is 12.0 Å². The molecule has 1 saturated heterocycles. The van der Waals surface area contributed by atoms with Crippen molar-refractivity contribution in [1.82, 2.24) is 15.1 Å². The highest BCUT2D eigenvalue weighted by atomic mass is 16.2. The lowest BCUT2D eigenvalue weighted by atomic mass is 9.96. The Hall–Kier alpha value is -0.810. The molecule has 3 N–H and O–H groups in total. The van der Waals surface area contributed by atoms with Crippen molar-refractivity contribution in [3.63, 3.8) is 0 Å². The van der Waals surface area contributed by atoms with Gasteiger partial charge in [-0.1, -0.05) is 26.2 Å². The van der Waals surface area contributed by atoms with Crippen LogP contribution in [0.15, 0.2) is 0 Å². The summed E-state index contributed by atoms with van der Waals surface area (Å²) in [6.07, 6.45) is 7.21. The lowest BCUT2D eigenvalue weighted by Crippen LogP contribution is -2.46. The standard InChI is InChI=1S/C16H32N4O/c1-14(12-17)13-19-8-5-9-20(11-10-19)16(21)18-15-6-3-2-4-7-15/h14-15H,2-13,17H2,1H3,(H,18,21). The molecule has 2 rings (SSSR count). The smallest absolute Gasteiger partial charge is 0.317 e. The molecule has 1 aliphatic carbocycles. The Morgan fingerprint density at radius 1 is 1.14 bits per heavy atom. The quantitative estimate of drug-likeness (QED) is 0.829. The number of urea groups is 1. The van der Waals surface area contributed by atoms with Gasteiger partial charge in [0.1, 0.15) is 0 Å². The van der Waals surface area contributed by atoms with Gasteiger partial charge in [-0.15, -0.1) is 0 Å². The van der Waals surface area contributed by atoms with E-state index in [-0.39, 0.29) is 6.03 Å². The van der Waals surface area contributed by atoms with Gasteiger partial charge in [-0.05, 0) is 38.3 Å². The first-order chi connectivity index (χ1) is 10.2. The van der Waals surface area contributed by atoms with Crippen molar-refractivity contribution in [2.75, 3.05) is 39.3 Å². The number of nitrogens with one attached hydrogen (secondary N) is 1. The van der Waals surface area contributed by atoms with Crippen molar-refractivity contribution in [1.29, 1.82) is 0 Å². The van der Waals surface area contributed by atoms with Crippen molar-refractivity contribution >= 4 is 6.03 Å². The Bertz CT molecular complexity index is 317. The minimum absolute atomic E-state index is 0.149. The number of nitrogens with two attached hydrogens (primary N) is 1. The SMILES string of the molecule is CC(CN)CN1CCCN(C(=O)NC2CCCCC2)CC1. The van der Waals surface area contributed by atoms with Crippen LogP contribution < -0.4 is 11.1 Å². The maximum atomic E-state index is 12.4. The summed E-state index contributed by atoms with van der Waals surface area (Å²) in [4.78, 5) is 16.8. The fourth-order valence-corrected chi connectivity index (χ4v) is 3.38. The fraction of sp³-hybridized carbons (Fsp3) is 0.938. The molecule has 5 heteroatoms. The molecule has 2 aliphatic rings. The van der Waals surface area contributed by atoms with Crippen LogP contribution in [0.1, 0.15) is 45.4 Å². The van der Waals surface area contributed by atoms with Crippen molar-refractivity contribution in [3.05, 3.63) is 0 Å². The molecule has 21 heavy (non-hydrogen) atoms. The molecule has 0 bridgehead atoms. The Morgan fingerprint density at radius 2 is 1.90 bits per heavy atom. The predicted molar refractivity (Wildman–Crippen MR) is 86.3 cm³/mol. The molecule has 0 radical (unpaired) electrons. The lowest BCUT2D eigenvalue weighted by Gasteiger charge is -2.28. The zero-order valence-electron chi connectivity index (χ0n) is 13.5. The lowest BCUT2D eigenvalue weighted by molar-refractivity contribution is 0.189. The van der Waals surface area contributed by atoms with Crippen LogP contribution in [-0.2, 0) is 0 Å². The van der Waals surface area contributed by atoms with Crippen LogP contribution in [0.3, 0.4) is 0 Å². The largest absolute Gasteiger partial charge is 0.335 e. The Balaban J connectivity index is 1.74. The number of amides is 2. The third-order valence-corrected chi connectivity index (χ3v) is 4.78. The normalized spacial score (nSPS) is 23.6. The molecular weight excluding hydrogens is 264 g/mol. The molecule has 1 saturated carbocycles. The van der Waals surface area contributed by atoms with E-state index in [1.807, 2.05) is 4.90 Å². The van der Waals surface area contributed by atoms with Gasteiger partial charge in [-0.25, -0.2) is 4.79 Å². The van der Waals surface area contributed by atoms with Crippen molar-refractivity contribution < 1.29 is 4.79 Å². The van der Waals surface area contributed by atoms with E-state index in [0.717, 1.165) is 58.5 Å². The average Bonchev–Trinajstić information content (AvgIpc) is 2.74. The number of carbonyl (C=O) groups is 1. The summed E-state index contributed by atoms with van der Waals surface area (Å²) in [5.74, 6) is 0.535. The molecule has 2 amide bonds. The number of hydrogen-bond acceptors (Lipinski definition) is 3. The number of carbonyl (C=O) groups excluding carboxylic acids is 1. The highest BCUT2D eigenvalue weighted by molar-refractivity contribution is 5.74. The molecule has 122 valence electrons. The van der Waals surface area contributed by atoms with E-state index >= 15 is 0 Å². The maximum absolute atomic E-state index is 12.4. The van der Waals surface area contributed by atoms with E-state index in [4.69, 9.17) is 5.73 Å². The fourth-order valence-electron chi connectivity index (χ4n) is 3.38. The minimum Gasteiger partial charge on any atom is -0.335 e. The number of hydrogen-bond donors (Lipinski definition) is 2. The second-order valence-corrected chi connectivity index (χ2v) is 6.77. The first-order valence-corrected chi connectivity index (χ1v) is 8.67. The van der Waals surface area contributed by atoms with Gasteiger partial charge >= 0.3 is 6.03 Å². The predicted octanol–water partition coefficient (Wildman–Crippen LogP) is 1.63. The van der Waals surface area contributed by atoms with Crippen LogP contribution in [0, 0.1) is 5.92 Å². The summed E-state index contributed by atoms with van der Waals surface area (Å²) < 4.78 is 0. The molecule has 0 aromatic carbocycles. The van der Waals surface area contributed by atoms with Gasteiger partial charge in [0, 0.05) is 32.2 Å². The summed E-state index contributed by atoms with van der Waals surface area (Å²) >= 11 is 0. The van der Waals surface area contributed by atoms with Gasteiger partial charge in [0.05, 0.1) is 0 Å². The first-order valence-electron chi connectivity index (χ1n) is 8.67. The maximum Gasteiger partial charge on any atom is 0.317 e. The Labute approximate surface area is 129 Å². The number of rotatable bonds is 4. The molecule has 2 fully saturated rings. The highest BCUT2D eigenvalue weighted by Gasteiger charge is 2.22. The molecule has 5 nitrogen and oxygen atoms in total. The molecule has 0 spiro atoms. The highest BCUT2D eigenvalue weighted by Crippen LogP contribution is 2.17. The molecule has 1 aliphatic heterocycles. The molecule has 0 aromatic heterocycles. The Morgan fingerprint density at radius 3 is 2.62 bits per heavy atom. The second kappa shape index (κ2) is 8.59. The van der Waals surface area contributed by atoms with Gasteiger partial charge in [0.25, 0.3) is 0 Å². The molecule has 1 heterocycles. The van der Waals surface area contributed by atoms with Gasteiger partial charge in [-0.2, -0.15) is 0 Å². The summed E-state index contributed by atoms with van der Waals surface area (Å²) in [5.41, 5.74) is 5.71. The summed E-state index contributed by atoms with van der Waals surface area (Å²) in [6.45, 7) is 7.76.